The molecule has 2 aliphatic carbocycles. The van der Waals surface area contributed by atoms with Gasteiger partial charge in [0.15, 0.2) is 11.2 Å². The molecule has 318 valence electrons. The van der Waals surface area contributed by atoms with Gasteiger partial charge < -0.3 is 18.6 Å². The molecule has 2 aliphatic rings. The molecule has 15 rings (SSSR count). The zero-order chi connectivity index (χ0) is 44.5. The normalized spacial score (nSPS) is 14.5. The topological polar surface area (TPSA) is 32.8 Å². The van der Waals surface area contributed by atoms with Gasteiger partial charge in [0.2, 0.25) is 0 Å². The van der Waals surface area contributed by atoms with Crippen LogP contribution in [0.1, 0.15) is 22.3 Å². The number of nitrogens with zero attached hydrogens (tertiary/aromatic N) is 2. The fourth-order valence-electron chi connectivity index (χ4n) is 11.7. The SMILES string of the molecule is c1ccc(N(c2ccc3c(c2)[C@@]2(c4ccccc4-3)c3cc(N(c4ccccc4)c4cccc5c4oc4ccccc45)ccc3-c3sc4ccccc4c32)c2cccc3c2oc2ccccc23)cc1. The number of fused-ring (bicyclic) bond motifs is 18. The van der Waals surface area contributed by atoms with Crippen LogP contribution in [0.15, 0.2) is 239 Å². The van der Waals surface area contributed by atoms with E-state index in [1.165, 1.54) is 53.9 Å². The van der Waals surface area contributed by atoms with Crippen molar-refractivity contribution in [2.45, 2.75) is 5.41 Å². The van der Waals surface area contributed by atoms with Gasteiger partial charge in [-0.25, -0.2) is 0 Å². The molecule has 68 heavy (non-hydrogen) atoms. The summed E-state index contributed by atoms with van der Waals surface area (Å²) in [5.74, 6) is 0. The maximum atomic E-state index is 6.78. The maximum absolute atomic E-state index is 6.78. The van der Waals surface area contributed by atoms with Crippen LogP contribution in [0.5, 0.6) is 0 Å². The van der Waals surface area contributed by atoms with Crippen molar-refractivity contribution in [2.75, 3.05) is 9.80 Å². The summed E-state index contributed by atoms with van der Waals surface area (Å²) in [4.78, 5) is 6.08. The second kappa shape index (κ2) is 14.2. The summed E-state index contributed by atoms with van der Waals surface area (Å²) in [5, 5.41) is 5.70. The van der Waals surface area contributed by atoms with Gasteiger partial charge in [-0.1, -0.05) is 152 Å². The Kier molecular flexibility index (Phi) is 7.83. The van der Waals surface area contributed by atoms with Gasteiger partial charge in [0.25, 0.3) is 0 Å². The van der Waals surface area contributed by atoms with Crippen LogP contribution in [0, 0.1) is 0 Å². The number of hydrogen-bond donors (Lipinski definition) is 0. The van der Waals surface area contributed by atoms with E-state index in [9.17, 15) is 0 Å². The highest BCUT2D eigenvalue weighted by Crippen LogP contribution is 2.67. The molecule has 0 radical (unpaired) electrons. The number of hydrogen-bond acceptors (Lipinski definition) is 5. The van der Waals surface area contributed by atoms with Crippen LogP contribution in [0.25, 0.3) is 75.5 Å². The van der Waals surface area contributed by atoms with Crippen molar-refractivity contribution in [3.8, 4) is 21.6 Å². The highest BCUT2D eigenvalue weighted by Gasteiger charge is 2.54. The number of benzene rings is 10. The zero-order valence-corrected chi connectivity index (χ0v) is 37.4. The molecule has 1 atom stereocenters. The molecule has 0 N–H and O–H groups in total. The fourth-order valence-corrected chi connectivity index (χ4v) is 13.0. The molecule has 4 nitrogen and oxygen atoms in total. The molecule has 0 saturated heterocycles. The summed E-state index contributed by atoms with van der Waals surface area (Å²) < 4.78 is 14.8. The van der Waals surface area contributed by atoms with Crippen molar-refractivity contribution < 1.29 is 8.83 Å². The van der Waals surface area contributed by atoms with E-state index >= 15 is 0 Å². The summed E-state index contributed by atoms with van der Waals surface area (Å²) in [6.45, 7) is 0. The van der Waals surface area contributed by atoms with Crippen molar-refractivity contribution in [2.24, 2.45) is 0 Å². The third kappa shape index (κ3) is 5.08. The number of thiophene rings is 1. The first-order valence-corrected chi connectivity index (χ1v) is 24.0. The molecule has 10 aromatic carbocycles. The Labute approximate surface area is 395 Å². The smallest absolute Gasteiger partial charge is 0.159 e. The highest BCUT2D eigenvalue weighted by molar-refractivity contribution is 7.22. The van der Waals surface area contributed by atoms with Crippen LogP contribution in [-0.4, -0.2) is 0 Å². The van der Waals surface area contributed by atoms with E-state index in [-0.39, 0.29) is 0 Å². The van der Waals surface area contributed by atoms with E-state index < -0.39 is 5.41 Å². The van der Waals surface area contributed by atoms with Gasteiger partial charge in [-0.3, -0.25) is 0 Å². The van der Waals surface area contributed by atoms with Gasteiger partial charge >= 0.3 is 0 Å². The standard InChI is InChI=1S/C63H38N2O2S/c1-3-17-39(18-4-1)64(54-28-15-25-47-45-22-8-12-30-56(45)66-60(47)54)41-33-35-44-43-21-7-11-27-51(43)63(52(44)37-41)53-38-42(34-36-49(53)62-59(63)50-24-10-14-32-58(50)68-62)65(40-19-5-2-6-20-40)55-29-16-26-48-46-23-9-13-31-57(46)67-61(48)55/h1-38H/t63-/m0/s1. The molecule has 0 bridgehead atoms. The predicted molar refractivity (Wildman–Crippen MR) is 282 cm³/mol. The molecule has 0 amide bonds. The summed E-state index contributed by atoms with van der Waals surface area (Å²) >= 11 is 1.91. The monoisotopic (exact) mass is 886 g/mol. The molecular weight excluding hydrogens is 849 g/mol. The molecule has 13 aromatic rings. The Bertz CT molecular complexity index is 4180. The first-order valence-electron chi connectivity index (χ1n) is 23.2. The summed E-state index contributed by atoms with van der Waals surface area (Å²) in [7, 11) is 0. The third-order valence-electron chi connectivity index (χ3n) is 14.4. The van der Waals surface area contributed by atoms with Gasteiger partial charge in [-0.15, -0.1) is 11.3 Å². The molecule has 0 unspecified atom stereocenters. The van der Waals surface area contributed by atoms with Crippen LogP contribution >= 0.6 is 11.3 Å². The average molecular weight is 887 g/mol. The Balaban J connectivity index is 1.02. The lowest BCUT2D eigenvalue weighted by molar-refractivity contribution is 0.668. The fraction of sp³-hybridized carbons (Fsp3) is 0.0159. The highest BCUT2D eigenvalue weighted by atomic mass is 32.1. The first-order chi connectivity index (χ1) is 33.7. The molecule has 1 spiro atoms. The van der Waals surface area contributed by atoms with Crippen LogP contribution < -0.4 is 9.80 Å². The van der Waals surface area contributed by atoms with Crippen LogP contribution in [0.2, 0.25) is 0 Å². The van der Waals surface area contributed by atoms with E-state index in [0.29, 0.717) is 0 Å². The van der Waals surface area contributed by atoms with E-state index in [4.69, 9.17) is 8.83 Å². The minimum Gasteiger partial charge on any atom is -0.454 e. The molecule has 3 heterocycles. The Morgan fingerprint density at radius 2 is 0.809 bits per heavy atom. The Morgan fingerprint density at radius 1 is 0.338 bits per heavy atom. The minimum atomic E-state index is -0.649. The molecule has 3 aromatic heterocycles. The van der Waals surface area contributed by atoms with E-state index in [1.54, 1.807) is 0 Å². The number of furan rings is 2. The van der Waals surface area contributed by atoms with Gasteiger partial charge in [-0.05, 0) is 123 Å². The van der Waals surface area contributed by atoms with E-state index in [2.05, 4.69) is 228 Å². The molecule has 5 heteroatoms. The van der Waals surface area contributed by atoms with Crippen molar-refractivity contribution in [1.82, 2.24) is 0 Å². The average Bonchev–Trinajstić information content (AvgIpc) is 4.20. The van der Waals surface area contributed by atoms with E-state index in [0.717, 1.165) is 78.0 Å². The number of rotatable bonds is 6. The van der Waals surface area contributed by atoms with Crippen LogP contribution in [0.4, 0.5) is 34.1 Å². The van der Waals surface area contributed by atoms with Gasteiger partial charge in [0.1, 0.15) is 11.2 Å². The second-order valence-electron chi connectivity index (χ2n) is 17.9. The molecule has 0 aliphatic heterocycles. The molecular formula is C63H38N2O2S. The first kappa shape index (κ1) is 37.6. The number of para-hydroxylation sites is 6. The quantitative estimate of drug-likeness (QED) is 0.167. The third-order valence-corrected chi connectivity index (χ3v) is 15.6. The molecule has 0 fully saturated rings. The predicted octanol–water partition coefficient (Wildman–Crippen LogP) is 18.0. The van der Waals surface area contributed by atoms with Crippen LogP contribution in [0.3, 0.4) is 0 Å². The second-order valence-corrected chi connectivity index (χ2v) is 19.0. The van der Waals surface area contributed by atoms with Crippen molar-refractivity contribution in [3.05, 3.63) is 253 Å². The van der Waals surface area contributed by atoms with Gasteiger partial charge in [0.05, 0.1) is 16.8 Å². The Hall–Kier alpha value is -8.64. The lowest BCUT2D eigenvalue weighted by atomic mass is 9.70. The molecule has 0 saturated carbocycles. The lowest BCUT2D eigenvalue weighted by Gasteiger charge is -2.33. The van der Waals surface area contributed by atoms with Crippen molar-refractivity contribution >= 4 is 99.4 Å². The largest absolute Gasteiger partial charge is 0.454 e. The van der Waals surface area contributed by atoms with Crippen molar-refractivity contribution in [3.63, 3.8) is 0 Å². The minimum absolute atomic E-state index is 0.649. The number of anilines is 6. The Morgan fingerprint density at radius 3 is 1.43 bits per heavy atom. The zero-order valence-electron chi connectivity index (χ0n) is 36.6. The van der Waals surface area contributed by atoms with Gasteiger partial charge in [-0.2, -0.15) is 0 Å². The maximum Gasteiger partial charge on any atom is 0.159 e. The van der Waals surface area contributed by atoms with Crippen LogP contribution in [-0.2, 0) is 5.41 Å². The lowest BCUT2D eigenvalue weighted by Crippen LogP contribution is -2.26. The van der Waals surface area contributed by atoms with Crippen molar-refractivity contribution in [1.29, 1.82) is 0 Å². The summed E-state index contributed by atoms with van der Waals surface area (Å²) in [5.41, 5.74) is 18.0. The summed E-state index contributed by atoms with van der Waals surface area (Å²) in [6, 6.07) is 83.6. The summed E-state index contributed by atoms with van der Waals surface area (Å²) in [6.07, 6.45) is 0. The van der Waals surface area contributed by atoms with Gasteiger partial charge in [0, 0.05) is 53.9 Å². The van der Waals surface area contributed by atoms with E-state index in [1.807, 2.05) is 23.5 Å².